The van der Waals surface area contributed by atoms with Crippen LogP contribution in [0.4, 0.5) is 0 Å². The Labute approximate surface area is 110 Å². The lowest BCUT2D eigenvalue weighted by molar-refractivity contribution is -0.138. The summed E-state index contributed by atoms with van der Waals surface area (Å²) in [4.78, 5) is 30.0. The van der Waals surface area contributed by atoms with E-state index in [1.807, 2.05) is 0 Å². The summed E-state index contributed by atoms with van der Waals surface area (Å²) in [6.07, 6.45) is 0.273. The Morgan fingerprint density at radius 3 is 1.84 bits per heavy atom. The molecule has 6 nitrogen and oxygen atoms in total. The number of ketones is 2. The van der Waals surface area contributed by atoms with Crippen molar-refractivity contribution in [2.45, 2.75) is 26.3 Å². The lowest BCUT2D eigenvalue weighted by Gasteiger charge is -2.05. The first-order valence-corrected chi connectivity index (χ1v) is 5.51. The molecule has 0 aromatic heterocycles. The van der Waals surface area contributed by atoms with Crippen LogP contribution in [0, 0.1) is 0 Å². The maximum Gasteiger partial charge on any atom is 0.320 e. The summed E-state index contributed by atoms with van der Waals surface area (Å²) in [6.45, 7) is 2.50. The van der Waals surface area contributed by atoms with Gasteiger partial charge in [0.1, 0.15) is 11.8 Å². The third-order valence-electron chi connectivity index (χ3n) is 2.20. The maximum absolute atomic E-state index is 10.4. The minimum Gasteiger partial charge on any atom is -0.508 e. The van der Waals surface area contributed by atoms with Crippen LogP contribution < -0.4 is 5.73 Å². The standard InChI is InChI=1S/C9H11NO3.C4H6O2/c10-8(9(12)13)5-6-1-3-7(11)4-2-6;1-3(5)4(2)6/h1-4,8,11H,5,10H2,(H,12,13);1-2H3. The quantitative estimate of drug-likeness (QED) is 0.684. The molecule has 1 aromatic rings. The molecule has 1 atom stereocenters. The number of hydrogen-bond donors (Lipinski definition) is 3. The molecule has 1 rings (SSSR count). The van der Waals surface area contributed by atoms with E-state index in [9.17, 15) is 14.4 Å². The molecule has 0 saturated carbocycles. The summed E-state index contributed by atoms with van der Waals surface area (Å²) in [7, 11) is 0. The third-order valence-corrected chi connectivity index (χ3v) is 2.20. The lowest BCUT2D eigenvalue weighted by atomic mass is 10.1. The van der Waals surface area contributed by atoms with E-state index < -0.39 is 12.0 Å². The van der Waals surface area contributed by atoms with Gasteiger partial charge in [0.2, 0.25) is 0 Å². The van der Waals surface area contributed by atoms with Gasteiger partial charge in [-0.25, -0.2) is 0 Å². The average molecular weight is 267 g/mol. The van der Waals surface area contributed by atoms with Gasteiger partial charge in [-0.05, 0) is 24.1 Å². The highest BCUT2D eigenvalue weighted by Crippen LogP contribution is 2.10. The van der Waals surface area contributed by atoms with Gasteiger partial charge in [-0.3, -0.25) is 14.4 Å². The first kappa shape index (κ1) is 16.8. The number of carbonyl (C=O) groups excluding carboxylic acids is 2. The molecular formula is C13H17NO5. The molecule has 0 amide bonds. The Kier molecular flexibility index (Phi) is 7.06. The van der Waals surface area contributed by atoms with Gasteiger partial charge in [-0.15, -0.1) is 0 Å². The van der Waals surface area contributed by atoms with Crippen molar-refractivity contribution in [2.75, 3.05) is 0 Å². The molecule has 4 N–H and O–H groups in total. The van der Waals surface area contributed by atoms with Gasteiger partial charge in [0.25, 0.3) is 0 Å². The highest BCUT2D eigenvalue weighted by molar-refractivity contribution is 6.35. The zero-order valence-corrected chi connectivity index (χ0v) is 10.8. The molecule has 1 aromatic carbocycles. The van der Waals surface area contributed by atoms with Gasteiger partial charge >= 0.3 is 5.97 Å². The number of carboxylic acid groups (broad SMARTS) is 1. The van der Waals surface area contributed by atoms with E-state index in [1.54, 1.807) is 12.1 Å². The molecule has 0 radical (unpaired) electrons. The minimum absolute atomic E-state index is 0.160. The molecular weight excluding hydrogens is 250 g/mol. The Morgan fingerprint density at radius 1 is 1.11 bits per heavy atom. The number of hydrogen-bond acceptors (Lipinski definition) is 5. The van der Waals surface area contributed by atoms with Crippen LogP contribution in [0.25, 0.3) is 0 Å². The van der Waals surface area contributed by atoms with Crippen LogP contribution >= 0.6 is 0 Å². The van der Waals surface area contributed by atoms with Crippen molar-refractivity contribution in [1.29, 1.82) is 0 Å². The van der Waals surface area contributed by atoms with Gasteiger partial charge in [-0.1, -0.05) is 12.1 Å². The van der Waals surface area contributed by atoms with Crippen LogP contribution in [-0.4, -0.2) is 33.8 Å². The predicted molar refractivity (Wildman–Crippen MR) is 68.8 cm³/mol. The molecule has 0 heterocycles. The van der Waals surface area contributed by atoms with Crippen LogP contribution in [-0.2, 0) is 20.8 Å². The monoisotopic (exact) mass is 267 g/mol. The van der Waals surface area contributed by atoms with Crippen molar-refractivity contribution in [1.82, 2.24) is 0 Å². The lowest BCUT2D eigenvalue weighted by Crippen LogP contribution is -2.32. The summed E-state index contributed by atoms with van der Waals surface area (Å²) >= 11 is 0. The Morgan fingerprint density at radius 2 is 1.53 bits per heavy atom. The average Bonchev–Trinajstić information content (AvgIpc) is 2.32. The number of aliphatic carboxylic acids is 1. The normalized spacial score (nSPS) is 10.9. The highest BCUT2D eigenvalue weighted by atomic mass is 16.4. The van der Waals surface area contributed by atoms with E-state index in [-0.39, 0.29) is 23.7 Å². The van der Waals surface area contributed by atoms with Crippen LogP contribution in [0.2, 0.25) is 0 Å². The molecule has 0 aliphatic heterocycles. The Balaban J connectivity index is 0.000000459. The zero-order chi connectivity index (χ0) is 15.0. The number of Topliss-reactive ketones (excluding diaryl/α,β-unsaturated/α-hetero) is 2. The largest absolute Gasteiger partial charge is 0.508 e. The number of carboxylic acids is 1. The number of aromatic hydroxyl groups is 1. The molecule has 0 saturated heterocycles. The van der Waals surface area contributed by atoms with Gasteiger partial charge < -0.3 is 15.9 Å². The van der Waals surface area contributed by atoms with Crippen LogP contribution in [0.3, 0.4) is 0 Å². The van der Waals surface area contributed by atoms with E-state index in [1.165, 1.54) is 26.0 Å². The van der Waals surface area contributed by atoms with E-state index in [4.69, 9.17) is 15.9 Å². The first-order chi connectivity index (χ1) is 8.73. The molecule has 0 aliphatic carbocycles. The van der Waals surface area contributed by atoms with Crippen molar-refractivity contribution in [3.05, 3.63) is 29.8 Å². The summed E-state index contributed by atoms with van der Waals surface area (Å²) in [5.74, 6) is -1.62. The van der Waals surface area contributed by atoms with Crippen LogP contribution in [0.1, 0.15) is 19.4 Å². The Hall–Kier alpha value is -2.21. The fourth-order valence-corrected chi connectivity index (χ4v) is 0.973. The van der Waals surface area contributed by atoms with E-state index in [2.05, 4.69) is 0 Å². The van der Waals surface area contributed by atoms with E-state index in [0.717, 1.165) is 5.56 Å². The summed E-state index contributed by atoms with van der Waals surface area (Å²) in [5, 5.41) is 17.5. The minimum atomic E-state index is -1.02. The van der Waals surface area contributed by atoms with Crippen molar-refractivity contribution < 1.29 is 24.6 Å². The second kappa shape index (κ2) is 7.99. The van der Waals surface area contributed by atoms with Gasteiger partial charge in [-0.2, -0.15) is 0 Å². The number of carbonyl (C=O) groups is 3. The Bertz CT molecular complexity index is 441. The zero-order valence-electron chi connectivity index (χ0n) is 10.8. The fraction of sp³-hybridized carbons (Fsp3) is 0.308. The molecule has 0 fully saturated rings. The summed E-state index contributed by atoms with van der Waals surface area (Å²) in [6, 6.07) is 5.42. The molecule has 0 spiro atoms. The van der Waals surface area contributed by atoms with Crippen molar-refractivity contribution in [3.8, 4) is 5.75 Å². The summed E-state index contributed by atoms with van der Waals surface area (Å²) < 4.78 is 0. The van der Waals surface area contributed by atoms with Crippen molar-refractivity contribution in [2.24, 2.45) is 5.73 Å². The van der Waals surface area contributed by atoms with Gasteiger partial charge in [0, 0.05) is 13.8 Å². The van der Waals surface area contributed by atoms with E-state index in [0.29, 0.717) is 0 Å². The maximum atomic E-state index is 10.4. The first-order valence-electron chi connectivity index (χ1n) is 5.51. The van der Waals surface area contributed by atoms with Crippen molar-refractivity contribution in [3.63, 3.8) is 0 Å². The fourth-order valence-electron chi connectivity index (χ4n) is 0.973. The molecule has 0 bridgehead atoms. The predicted octanol–water partition coefficient (Wildman–Crippen LogP) is 0.511. The van der Waals surface area contributed by atoms with Gasteiger partial charge in [0.05, 0.1) is 0 Å². The van der Waals surface area contributed by atoms with Crippen LogP contribution in [0.15, 0.2) is 24.3 Å². The molecule has 1 unspecified atom stereocenters. The molecule has 6 heteroatoms. The molecule has 104 valence electrons. The topological polar surface area (TPSA) is 118 Å². The van der Waals surface area contributed by atoms with Crippen molar-refractivity contribution >= 4 is 17.5 Å². The number of phenolic OH excluding ortho intramolecular Hbond substituents is 1. The number of benzene rings is 1. The smallest absolute Gasteiger partial charge is 0.320 e. The SMILES string of the molecule is CC(=O)C(C)=O.NC(Cc1ccc(O)cc1)C(=O)O. The molecule has 19 heavy (non-hydrogen) atoms. The van der Waals surface area contributed by atoms with Gasteiger partial charge in [0.15, 0.2) is 11.6 Å². The number of nitrogens with two attached hydrogens (primary N) is 1. The second-order valence-electron chi connectivity index (χ2n) is 3.93. The number of rotatable bonds is 4. The highest BCUT2D eigenvalue weighted by Gasteiger charge is 2.11. The molecule has 0 aliphatic rings. The number of phenols is 1. The second-order valence-corrected chi connectivity index (χ2v) is 3.93. The third kappa shape index (κ3) is 7.67. The van der Waals surface area contributed by atoms with Crippen LogP contribution in [0.5, 0.6) is 5.75 Å². The van der Waals surface area contributed by atoms with E-state index >= 15 is 0 Å². The summed E-state index contributed by atoms with van der Waals surface area (Å²) in [5.41, 5.74) is 6.12.